The molecule has 0 bridgehead atoms. The van der Waals surface area contributed by atoms with Crippen LogP contribution in [0.5, 0.6) is 11.5 Å². The van der Waals surface area contributed by atoms with Crippen LogP contribution in [0.2, 0.25) is 5.02 Å². The van der Waals surface area contributed by atoms with Gasteiger partial charge in [0.2, 0.25) is 0 Å². The summed E-state index contributed by atoms with van der Waals surface area (Å²) in [6.07, 6.45) is 1.35. The molecule has 2 amide bonds. The molecule has 1 fully saturated rings. The van der Waals surface area contributed by atoms with Gasteiger partial charge in [-0.15, -0.1) is 0 Å². The van der Waals surface area contributed by atoms with Gasteiger partial charge in [-0.1, -0.05) is 11.6 Å². The summed E-state index contributed by atoms with van der Waals surface area (Å²) in [4.78, 5) is 37.6. The number of methoxy groups -OCH3 is 2. The predicted molar refractivity (Wildman–Crippen MR) is 114 cm³/mol. The van der Waals surface area contributed by atoms with Crippen molar-refractivity contribution in [3.63, 3.8) is 0 Å². The summed E-state index contributed by atoms with van der Waals surface area (Å²) >= 11 is 11.3. The Kier molecular flexibility index (Phi) is 6.04. The molecule has 2 aromatic carbocycles. The van der Waals surface area contributed by atoms with Gasteiger partial charge in [-0.3, -0.25) is 19.8 Å². The van der Waals surface area contributed by atoms with Crippen molar-refractivity contribution in [2.75, 3.05) is 19.1 Å². The van der Waals surface area contributed by atoms with E-state index in [1.165, 1.54) is 50.6 Å². The second kappa shape index (κ2) is 8.52. The molecule has 2 N–H and O–H groups in total. The Morgan fingerprint density at radius 3 is 2.40 bits per heavy atom. The van der Waals surface area contributed by atoms with E-state index in [0.29, 0.717) is 22.7 Å². The average Bonchev–Trinajstić information content (AvgIpc) is 2.70. The minimum atomic E-state index is -1.10. The van der Waals surface area contributed by atoms with E-state index in [1.54, 1.807) is 6.07 Å². The minimum absolute atomic E-state index is 0.0499. The Hall–Kier alpha value is -3.43. The van der Waals surface area contributed by atoms with Crippen LogP contribution in [0.25, 0.3) is 6.08 Å². The number of aromatic carboxylic acids is 1. The van der Waals surface area contributed by atoms with Gasteiger partial charge < -0.3 is 14.6 Å². The number of rotatable bonds is 5. The molecule has 1 aliphatic rings. The largest absolute Gasteiger partial charge is 0.493 e. The lowest BCUT2D eigenvalue weighted by Gasteiger charge is -2.29. The first-order valence-electron chi connectivity index (χ1n) is 8.43. The lowest BCUT2D eigenvalue weighted by atomic mass is 10.1. The predicted octanol–water partition coefficient (Wildman–Crippen LogP) is 2.89. The average molecular weight is 447 g/mol. The van der Waals surface area contributed by atoms with E-state index in [2.05, 4.69) is 5.32 Å². The molecular weight excluding hydrogens is 432 g/mol. The Bertz CT molecular complexity index is 1100. The first-order valence-corrected chi connectivity index (χ1v) is 9.21. The summed E-state index contributed by atoms with van der Waals surface area (Å²) < 4.78 is 10.4. The fraction of sp³-hybridized carbons (Fsp3) is 0.100. The van der Waals surface area contributed by atoms with Crippen LogP contribution in [-0.4, -0.2) is 42.2 Å². The summed E-state index contributed by atoms with van der Waals surface area (Å²) in [6, 6.07) is 8.61. The van der Waals surface area contributed by atoms with Gasteiger partial charge in [0.25, 0.3) is 11.8 Å². The highest BCUT2D eigenvalue weighted by molar-refractivity contribution is 7.80. The molecule has 30 heavy (non-hydrogen) atoms. The Labute approximate surface area is 181 Å². The highest BCUT2D eigenvalue weighted by atomic mass is 35.5. The van der Waals surface area contributed by atoms with Crippen molar-refractivity contribution in [2.24, 2.45) is 0 Å². The fourth-order valence-electron chi connectivity index (χ4n) is 2.83. The maximum atomic E-state index is 13.0. The lowest BCUT2D eigenvalue weighted by molar-refractivity contribution is -0.122. The maximum Gasteiger partial charge on any atom is 0.335 e. The normalized spacial score (nSPS) is 15.2. The summed E-state index contributed by atoms with van der Waals surface area (Å²) in [5, 5.41) is 11.6. The zero-order valence-corrected chi connectivity index (χ0v) is 17.3. The zero-order chi connectivity index (χ0) is 22.0. The summed E-state index contributed by atoms with van der Waals surface area (Å²) in [5.74, 6) is -1.79. The first kappa shape index (κ1) is 21.3. The number of nitrogens with zero attached hydrogens (tertiary/aromatic N) is 1. The van der Waals surface area contributed by atoms with E-state index in [0.717, 1.165) is 4.90 Å². The highest BCUT2D eigenvalue weighted by Crippen LogP contribution is 2.37. The van der Waals surface area contributed by atoms with E-state index in [1.807, 2.05) is 0 Å². The zero-order valence-electron chi connectivity index (χ0n) is 15.8. The van der Waals surface area contributed by atoms with E-state index in [4.69, 9.17) is 38.4 Å². The highest BCUT2D eigenvalue weighted by Gasteiger charge is 2.34. The van der Waals surface area contributed by atoms with Crippen LogP contribution in [0, 0.1) is 0 Å². The van der Waals surface area contributed by atoms with Crippen LogP contribution < -0.4 is 19.7 Å². The van der Waals surface area contributed by atoms with Crippen LogP contribution in [0.15, 0.2) is 42.0 Å². The maximum absolute atomic E-state index is 13.0. The third-order valence-electron chi connectivity index (χ3n) is 4.24. The molecule has 0 aliphatic carbocycles. The Morgan fingerprint density at radius 1 is 1.17 bits per heavy atom. The standard InChI is InChI=1S/C20H15ClN2O6S/c1-28-15-9-10(8-14(21)16(15)29-2)7-13-17(24)22-20(30)23(18(13)25)12-5-3-11(4-6-12)19(26)27/h3-9H,1-2H3,(H,26,27)(H,22,24,30)/b13-7+. The molecule has 10 heteroatoms. The number of nitrogens with one attached hydrogen (secondary N) is 1. The van der Waals surface area contributed by atoms with E-state index in [9.17, 15) is 14.4 Å². The number of hydrogen-bond donors (Lipinski definition) is 2. The van der Waals surface area contributed by atoms with E-state index in [-0.39, 0.29) is 21.3 Å². The topological polar surface area (TPSA) is 105 Å². The van der Waals surface area contributed by atoms with Gasteiger partial charge in [0.05, 0.1) is 30.5 Å². The monoisotopic (exact) mass is 446 g/mol. The van der Waals surface area contributed by atoms with Gasteiger partial charge in [0.1, 0.15) is 5.57 Å². The Morgan fingerprint density at radius 2 is 1.83 bits per heavy atom. The SMILES string of the molecule is COc1cc(/C=C2\C(=O)NC(=S)N(c3ccc(C(=O)O)cc3)C2=O)cc(Cl)c1OC. The molecule has 0 radical (unpaired) electrons. The van der Waals surface area contributed by atoms with Gasteiger partial charge in [0.15, 0.2) is 16.6 Å². The second-order valence-electron chi connectivity index (χ2n) is 6.05. The van der Waals surface area contributed by atoms with Gasteiger partial charge >= 0.3 is 5.97 Å². The summed E-state index contributed by atoms with van der Waals surface area (Å²) in [7, 11) is 2.87. The molecule has 0 spiro atoms. The van der Waals surface area contributed by atoms with E-state index >= 15 is 0 Å². The molecule has 0 atom stereocenters. The molecule has 0 saturated carbocycles. The molecule has 3 rings (SSSR count). The number of halogens is 1. The second-order valence-corrected chi connectivity index (χ2v) is 6.84. The molecule has 0 aromatic heterocycles. The number of amides is 2. The van der Waals surface area contributed by atoms with Crippen molar-refractivity contribution in [3.8, 4) is 11.5 Å². The molecule has 2 aromatic rings. The third-order valence-corrected chi connectivity index (χ3v) is 4.81. The number of carbonyl (C=O) groups excluding carboxylic acids is 2. The number of carboxylic acids is 1. The number of benzene rings is 2. The summed E-state index contributed by atoms with van der Waals surface area (Å²) in [6.45, 7) is 0. The molecule has 1 heterocycles. The Balaban J connectivity index is 2.02. The first-order chi connectivity index (χ1) is 14.3. The fourth-order valence-corrected chi connectivity index (χ4v) is 3.41. The molecule has 8 nitrogen and oxygen atoms in total. The number of ether oxygens (including phenoxy) is 2. The lowest BCUT2D eigenvalue weighted by Crippen LogP contribution is -2.54. The quantitative estimate of drug-likeness (QED) is 0.413. The van der Waals surface area contributed by atoms with Crippen molar-refractivity contribution < 1.29 is 29.0 Å². The number of thiocarbonyl (C=S) groups is 1. The van der Waals surface area contributed by atoms with Gasteiger partial charge in [-0.2, -0.15) is 0 Å². The van der Waals surface area contributed by atoms with Crippen molar-refractivity contribution in [1.29, 1.82) is 0 Å². The third kappa shape index (κ3) is 3.98. The van der Waals surface area contributed by atoms with Crippen molar-refractivity contribution in [1.82, 2.24) is 5.32 Å². The van der Waals surface area contributed by atoms with Crippen LogP contribution in [-0.2, 0) is 9.59 Å². The van der Waals surface area contributed by atoms with Crippen LogP contribution >= 0.6 is 23.8 Å². The summed E-state index contributed by atoms with van der Waals surface area (Å²) in [5.41, 5.74) is 0.611. The number of anilines is 1. The molecule has 154 valence electrons. The molecule has 1 aliphatic heterocycles. The number of carbonyl (C=O) groups is 3. The van der Waals surface area contributed by atoms with Crippen molar-refractivity contribution in [3.05, 3.63) is 58.1 Å². The van der Waals surface area contributed by atoms with Gasteiger partial charge in [0, 0.05) is 0 Å². The van der Waals surface area contributed by atoms with Gasteiger partial charge in [-0.25, -0.2) is 4.79 Å². The van der Waals surface area contributed by atoms with Crippen LogP contribution in [0.1, 0.15) is 15.9 Å². The number of hydrogen-bond acceptors (Lipinski definition) is 6. The molecular formula is C20H15ClN2O6S. The number of carboxylic acid groups (broad SMARTS) is 1. The van der Waals surface area contributed by atoms with Crippen molar-refractivity contribution >= 4 is 58.5 Å². The van der Waals surface area contributed by atoms with Gasteiger partial charge in [-0.05, 0) is 60.3 Å². The van der Waals surface area contributed by atoms with E-state index < -0.39 is 17.8 Å². The molecule has 0 unspecified atom stereocenters. The smallest absolute Gasteiger partial charge is 0.335 e. The minimum Gasteiger partial charge on any atom is -0.493 e. The van der Waals surface area contributed by atoms with Crippen molar-refractivity contribution in [2.45, 2.75) is 0 Å². The van der Waals surface area contributed by atoms with Crippen LogP contribution in [0.4, 0.5) is 5.69 Å². The van der Waals surface area contributed by atoms with Crippen LogP contribution in [0.3, 0.4) is 0 Å². The molecule has 1 saturated heterocycles.